The predicted molar refractivity (Wildman–Crippen MR) is 123 cm³/mol. The molecule has 0 saturated carbocycles. The van der Waals surface area contributed by atoms with Crippen LogP contribution in [-0.4, -0.2) is 32.5 Å². The smallest absolute Gasteiger partial charge is 0.339 e. The number of methoxy groups -OCH3 is 1. The number of aromatic nitrogens is 3. The Hall–Kier alpha value is -2.97. The highest BCUT2D eigenvalue weighted by Gasteiger charge is 2.22. The number of benzene rings is 2. The van der Waals surface area contributed by atoms with Gasteiger partial charge in [-0.1, -0.05) is 30.3 Å². The fourth-order valence-electron chi connectivity index (χ4n) is 3.71. The van der Waals surface area contributed by atoms with Crippen molar-refractivity contribution >= 4 is 40.2 Å². The molecule has 0 aliphatic heterocycles. The number of carboxylic acids is 1. The van der Waals surface area contributed by atoms with Crippen molar-refractivity contribution in [1.82, 2.24) is 14.3 Å². The molecule has 0 atom stereocenters. The third kappa shape index (κ3) is 3.84. The number of ether oxygens (including phenoxy) is 1. The van der Waals surface area contributed by atoms with Gasteiger partial charge in [0, 0.05) is 33.6 Å². The van der Waals surface area contributed by atoms with E-state index in [9.17, 15) is 9.90 Å². The van der Waals surface area contributed by atoms with E-state index in [1.165, 1.54) is 24.9 Å². The zero-order valence-electron chi connectivity index (χ0n) is 17.7. The van der Waals surface area contributed by atoms with Crippen molar-refractivity contribution in [1.29, 1.82) is 0 Å². The van der Waals surface area contributed by atoms with Crippen LogP contribution in [0.3, 0.4) is 0 Å². The van der Waals surface area contributed by atoms with Crippen LogP contribution in [0, 0.1) is 12.7 Å². The first kappa shape index (κ1) is 22.2. The van der Waals surface area contributed by atoms with Crippen molar-refractivity contribution in [2.75, 3.05) is 7.11 Å². The van der Waals surface area contributed by atoms with E-state index in [1.54, 1.807) is 35.0 Å². The summed E-state index contributed by atoms with van der Waals surface area (Å²) in [6, 6.07) is 8.27. The molecule has 0 amide bonds. The van der Waals surface area contributed by atoms with Crippen molar-refractivity contribution in [3.63, 3.8) is 0 Å². The highest BCUT2D eigenvalue weighted by molar-refractivity contribution is 7.99. The number of fused-ring (bicyclic) bond motifs is 1. The van der Waals surface area contributed by atoms with Crippen LogP contribution in [0.25, 0.3) is 16.6 Å². The number of halogens is 2. The molecule has 32 heavy (non-hydrogen) atoms. The molecule has 0 bridgehead atoms. The van der Waals surface area contributed by atoms with Crippen molar-refractivity contribution in [2.45, 2.75) is 36.6 Å². The molecule has 2 aromatic carbocycles. The minimum absolute atomic E-state index is 0.0337. The van der Waals surface area contributed by atoms with Crippen LogP contribution >= 0.6 is 23.4 Å². The Bertz CT molecular complexity index is 1330. The van der Waals surface area contributed by atoms with E-state index in [0.29, 0.717) is 15.8 Å². The van der Waals surface area contributed by atoms with Crippen LogP contribution in [0.1, 0.15) is 29.4 Å². The molecule has 0 aliphatic carbocycles. The van der Waals surface area contributed by atoms with Gasteiger partial charge < -0.3 is 14.4 Å². The summed E-state index contributed by atoms with van der Waals surface area (Å²) in [6.45, 7) is 4.72. The lowest BCUT2D eigenvalue weighted by Crippen LogP contribution is -2.00. The molecule has 0 fully saturated rings. The Labute approximate surface area is 193 Å². The number of aromatic carboxylic acids is 1. The molecule has 166 valence electrons. The maximum absolute atomic E-state index is 15.2. The van der Waals surface area contributed by atoms with Gasteiger partial charge in [0.2, 0.25) is 0 Å². The topological polar surface area (TPSA) is 69.3 Å². The lowest BCUT2D eigenvalue weighted by Gasteiger charge is -2.08. The monoisotopic (exact) mass is 473 g/mol. The zero-order chi connectivity index (χ0) is 23.0. The summed E-state index contributed by atoms with van der Waals surface area (Å²) in [4.78, 5) is 13.1. The molecule has 0 aliphatic rings. The Morgan fingerprint density at radius 3 is 2.78 bits per heavy atom. The second kappa shape index (κ2) is 8.88. The minimum Gasteiger partial charge on any atom is -0.496 e. The van der Waals surface area contributed by atoms with Gasteiger partial charge in [-0.15, -0.1) is 0 Å². The van der Waals surface area contributed by atoms with Crippen LogP contribution in [0.4, 0.5) is 4.39 Å². The van der Waals surface area contributed by atoms with Crippen LogP contribution in [0.5, 0.6) is 5.75 Å². The molecule has 0 unspecified atom stereocenters. The van der Waals surface area contributed by atoms with Crippen molar-refractivity contribution in [2.24, 2.45) is 0 Å². The van der Waals surface area contributed by atoms with Gasteiger partial charge >= 0.3 is 5.97 Å². The lowest BCUT2D eigenvalue weighted by molar-refractivity contribution is 0.0693. The van der Waals surface area contributed by atoms with Gasteiger partial charge in [-0.2, -0.15) is 5.10 Å². The molecule has 0 spiro atoms. The van der Waals surface area contributed by atoms with Crippen LogP contribution < -0.4 is 4.74 Å². The largest absolute Gasteiger partial charge is 0.496 e. The van der Waals surface area contributed by atoms with Gasteiger partial charge in [0.15, 0.2) is 5.82 Å². The molecule has 4 rings (SSSR count). The number of rotatable bonds is 7. The van der Waals surface area contributed by atoms with E-state index in [4.69, 9.17) is 16.3 Å². The maximum Gasteiger partial charge on any atom is 0.339 e. The number of hydrogen-bond acceptors (Lipinski definition) is 4. The molecule has 4 aromatic rings. The molecule has 6 nitrogen and oxygen atoms in total. The number of aryl methyl sites for hydroxylation is 1. The quantitative estimate of drug-likeness (QED) is 0.346. The lowest BCUT2D eigenvalue weighted by atomic mass is 10.2. The second-order valence-electron chi connectivity index (χ2n) is 7.24. The first-order chi connectivity index (χ1) is 15.3. The average molecular weight is 474 g/mol. The number of hydrogen-bond donors (Lipinski definition) is 1. The molecular formula is C23H21ClFN3O3S. The van der Waals surface area contributed by atoms with Crippen LogP contribution in [0.15, 0.2) is 52.5 Å². The third-order valence-corrected chi connectivity index (χ3v) is 6.65. The second-order valence-corrected chi connectivity index (χ2v) is 8.73. The molecular weight excluding hydrogens is 453 g/mol. The molecule has 9 heteroatoms. The van der Waals surface area contributed by atoms with Crippen molar-refractivity contribution in [3.8, 4) is 11.4 Å². The highest BCUT2D eigenvalue weighted by Crippen LogP contribution is 2.42. The fraction of sp³-hybridized carbons (Fsp3) is 0.217. The van der Waals surface area contributed by atoms with E-state index in [-0.39, 0.29) is 16.3 Å². The standard InChI is InChI=1S/C23H21ClFN3O3S/c1-4-9-27-12-14(11-26-27)28-13(2)22(16-6-7-18(24)20(25)21(16)28)32-15-5-8-19(31-3)17(10-15)23(29)30/h5-8,10-12H,4,9H2,1-3H3,(H,29,30). The summed E-state index contributed by atoms with van der Waals surface area (Å²) in [5, 5.41) is 14.6. The molecule has 1 N–H and O–H groups in total. The molecule has 0 saturated heterocycles. The van der Waals surface area contributed by atoms with Gasteiger partial charge in [0.1, 0.15) is 11.3 Å². The summed E-state index contributed by atoms with van der Waals surface area (Å²) >= 11 is 7.48. The molecule has 0 radical (unpaired) electrons. The normalized spacial score (nSPS) is 11.3. The van der Waals surface area contributed by atoms with E-state index in [2.05, 4.69) is 12.0 Å². The van der Waals surface area contributed by atoms with E-state index >= 15 is 4.39 Å². The SMILES string of the molecule is CCCn1cc(-n2c(C)c(Sc3ccc(OC)c(C(=O)O)c3)c3ccc(Cl)c(F)c32)cn1. The number of carboxylic acid groups (broad SMARTS) is 1. The molecule has 2 aromatic heterocycles. The van der Waals surface area contributed by atoms with Crippen molar-refractivity contribution < 1.29 is 19.0 Å². The van der Waals surface area contributed by atoms with E-state index in [1.807, 2.05) is 17.8 Å². The molecule has 2 heterocycles. The minimum atomic E-state index is -1.08. The number of carbonyl (C=O) groups is 1. The van der Waals surface area contributed by atoms with Gasteiger partial charge in [0.05, 0.1) is 29.5 Å². The number of nitrogens with zero attached hydrogens (tertiary/aromatic N) is 3. The zero-order valence-corrected chi connectivity index (χ0v) is 19.3. The van der Waals surface area contributed by atoms with Crippen LogP contribution in [-0.2, 0) is 6.54 Å². The highest BCUT2D eigenvalue weighted by atomic mass is 35.5. The first-order valence-electron chi connectivity index (χ1n) is 9.96. The maximum atomic E-state index is 15.2. The summed E-state index contributed by atoms with van der Waals surface area (Å²) in [6.07, 6.45) is 4.50. The summed E-state index contributed by atoms with van der Waals surface area (Å²) in [7, 11) is 1.43. The van der Waals surface area contributed by atoms with Gasteiger partial charge in [-0.25, -0.2) is 9.18 Å². The first-order valence-corrected chi connectivity index (χ1v) is 11.2. The van der Waals surface area contributed by atoms with Crippen LogP contribution in [0.2, 0.25) is 5.02 Å². The third-order valence-electron chi connectivity index (χ3n) is 5.15. The summed E-state index contributed by atoms with van der Waals surface area (Å²) < 4.78 is 24.0. The van der Waals surface area contributed by atoms with Crippen molar-refractivity contribution in [3.05, 3.63) is 64.8 Å². The van der Waals surface area contributed by atoms with Gasteiger partial charge in [-0.05, 0) is 43.7 Å². The Kier molecular flexibility index (Phi) is 6.17. The summed E-state index contributed by atoms with van der Waals surface area (Å²) in [5.74, 6) is -1.31. The van der Waals surface area contributed by atoms with E-state index < -0.39 is 11.8 Å². The average Bonchev–Trinajstić information content (AvgIpc) is 3.34. The summed E-state index contributed by atoms with van der Waals surface area (Å²) in [5.41, 5.74) is 1.96. The predicted octanol–water partition coefficient (Wildman–Crippen LogP) is 6.20. The Balaban J connectivity index is 1.89. The fourth-order valence-corrected chi connectivity index (χ4v) is 4.93. The van der Waals surface area contributed by atoms with E-state index in [0.717, 1.165) is 29.2 Å². The Morgan fingerprint density at radius 2 is 2.09 bits per heavy atom. The van der Waals surface area contributed by atoms with Gasteiger partial charge in [-0.3, -0.25) is 4.68 Å². The Morgan fingerprint density at radius 1 is 1.31 bits per heavy atom. The van der Waals surface area contributed by atoms with Gasteiger partial charge in [0.25, 0.3) is 0 Å².